The van der Waals surface area contributed by atoms with Crippen molar-refractivity contribution in [3.63, 3.8) is 0 Å². The monoisotopic (exact) mass is 462 g/mol. The highest BCUT2D eigenvalue weighted by Crippen LogP contribution is 2.30. The second-order valence-corrected chi connectivity index (χ2v) is 9.48. The summed E-state index contributed by atoms with van der Waals surface area (Å²) in [5.74, 6) is -0.568. The van der Waals surface area contributed by atoms with Gasteiger partial charge in [-0.3, -0.25) is 9.10 Å². The summed E-state index contributed by atoms with van der Waals surface area (Å²) >= 11 is 12.2. The number of nitrogens with one attached hydrogen (secondary N) is 1. The number of para-hydroxylation sites is 1. The SMILES string of the molecule is Cc1ccc(N(CC(=O)Nc2c(Cl)cccc2Cl)S(=O)(=O)c2ccc(C)cc2)cc1. The maximum absolute atomic E-state index is 13.3. The van der Waals surface area contributed by atoms with E-state index >= 15 is 0 Å². The number of benzene rings is 3. The zero-order valence-corrected chi connectivity index (χ0v) is 18.7. The standard InChI is InChI=1S/C22H20Cl2N2O3S/c1-15-6-10-17(11-7-15)26(30(28,29)18-12-8-16(2)9-13-18)14-21(27)25-22-19(23)4-3-5-20(22)24/h3-13H,14H2,1-2H3,(H,25,27). The van der Waals surface area contributed by atoms with E-state index in [0.717, 1.165) is 15.4 Å². The van der Waals surface area contributed by atoms with Crippen LogP contribution in [-0.4, -0.2) is 20.9 Å². The molecule has 1 amide bonds. The Balaban J connectivity index is 1.96. The molecule has 3 aromatic rings. The second-order valence-electron chi connectivity index (χ2n) is 6.81. The lowest BCUT2D eigenvalue weighted by molar-refractivity contribution is -0.114. The Morgan fingerprint density at radius 2 is 1.37 bits per heavy atom. The van der Waals surface area contributed by atoms with Gasteiger partial charge in [-0.2, -0.15) is 0 Å². The Labute approximate surface area is 186 Å². The topological polar surface area (TPSA) is 66.5 Å². The molecular formula is C22H20Cl2N2O3S. The number of hydrogen-bond acceptors (Lipinski definition) is 3. The second kappa shape index (κ2) is 9.08. The summed E-state index contributed by atoms with van der Waals surface area (Å²) in [4.78, 5) is 12.9. The van der Waals surface area contributed by atoms with Crippen molar-refractivity contribution in [3.8, 4) is 0 Å². The number of sulfonamides is 1. The highest BCUT2D eigenvalue weighted by molar-refractivity contribution is 7.92. The molecule has 0 radical (unpaired) electrons. The summed E-state index contributed by atoms with van der Waals surface area (Å²) in [5, 5.41) is 3.14. The molecular weight excluding hydrogens is 443 g/mol. The highest BCUT2D eigenvalue weighted by Gasteiger charge is 2.27. The van der Waals surface area contributed by atoms with Crippen LogP contribution in [0.15, 0.2) is 71.6 Å². The number of rotatable bonds is 6. The molecule has 3 rings (SSSR count). The van der Waals surface area contributed by atoms with Gasteiger partial charge >= 0.3 is 0 Å². The molecule has 0 aliphatic heterocycles. The van der Waals surface area contributed by atoms with Crippen LogP contribution < -0.4 is 9.62 Å². The number of amides is 1. The minimum Gasteiger partial charge on any atom is -0.322 e. The first kappa shape index (κ1) is 22.2. The van der Waals surface area contributed by atoms with E-state index in [9.17, 15) is 13.2 Å². The number of anilines is 2. The number of aryl methyl sites for hydroxylation is 2. The number of carbonyl (C=O) groups is 1. The maximum Gasteiger partial charge on any atom is 0.264 e. The number of hydrogen-bond donors (Lipinski definition) is 1. The van der Waals surface area contributed by atoms with Crippen molar-refractivity contribution in [2.75, 3.05) is 16.2 Å². The van der Waals surface area contributed by atoms with E-state index < -0.39 is 22.5 Å². The minimum atomic E-state index is -3.98. The molecule has 0 unspecified atom stereocenters. The van der Waals surface area contributed by atoms with Gasteiger partial charge in [-0.15, -0.1) is 0 Å². The quantitative estimate of drug-likeness (QED) is 0.529. The predicted molar refractivity (Wildman–Crippen MR) is 122 cm³/mol. The first-order valence-corrected chi connectivity index (χ1v) is 11.3. The van der Waals surface area contributed by atoms with Gasteiger partial charge in [0.1, 0.15) is 6.54 Å². The van der Waals surface area contributed by atoms with Crippen molar-refractivity contribution < 1.29 is 13.2 Å². The Bertz CT molecular complexity index is 1140. The van der Waals surface area contributed by atoms with Crippen LogP contribution in [0, 0.1) is 13.8 Å². The average Bonchev–Trinajstić information content (AvgIpc) is 2.70. The molecule has 0 fully saturated rings. The summed E-state index contributed by atoms with van der Waals surface area (Å²) in [5.41, 5.74) is 2.52. The Kier molecular flexibility index (Phi) is 6.71. The molecule has 0 aliphatic carbocycles. The zero-order chi connectivity index (χ0) is 21.9. The fraction of sp³-hybridized carbons (Fsp3) is 0.136. The van der Waals surface area contributed by atoms with Crippen LogP contribution in [0.1, 0.15) is 11.1 Å². The fourth-order valence-corrected chi connectivity index (χ4v) is 4.70. The first-order valence-electron chi connectivity index (χ1n) is 9.08. The first-order chi connectivity index (χ1) is 14.2. The van der Waals surface area contributed by atoms with Crippen molar-refractivity contribution >= 4 is 50.5 Å². The lowest BCUT2D eigenvalue weighted by Crippen LogP contribution is -2.38. The van der Waals surface area contributed by atoms with Gasteiger partial charge in [0.25, 0.3) is 10.0 Å². The molecule has 156 valence electrons. The van der Waals surface area contributed by atoms with Crippen LogP contribution in [0.5, 0.6) is 0 Å². The van der Waals surface area contributed by atoms with Crippen LogP contribution in [0.3, 0.4) is 0 Å². The normalized spacial score (nSPS) is 11.2. The van der Waals surface area contributed by atoms with E-state index in [1.807, 2.05) is 13.8 Å². The fourth-order valence-electron chi connectivity index (χ4n) is 2.79. The van der Waals surface area contributed by atoms with Crippen LogP contribution in [-0.2, 0) is 14.8 Å². The van der Waals surface area contributed by atoms with Gasteiger partial charge in [-0.05, 0) is 50.2 Å². The molecule has 0 atom stereocenters. The van der Waals surface area contributed by atoms with Crippen molar-refractivity contribution in [1.29, 1.82) is 0 Å². The maximum atomic E-state index is 13.3. The highest BCUT2D eigenvalue weighted by atomic mass is 35.5. The summed E-state index contributed by atoms with van der Waals surface area (Å²) in [6.07, 6.45) is 0. The van der Waals surface area contributed by atoms with Gasteiger partial charge in [-0.25, -0.2) is 8.42 Å². The lowest BCUT2D eigenvalue weighted by Gasteiger charge is -2.24. The molecule has 0 saturated heterocycles. The van der Waals surface area contributed by atoms with E-state index in [1.165, 1.54) is 12.1 Å². The van der Waals surface area contributed by atoms with Crippen molar-refractivity contribution in [2.24, 2.45) is 0 Å². The Morgan fingerprint density at radius 1 is 0.867 bits per heavy atom. The molecule has 8 heteroatoms. The smallest absolute Gasteiger partial charge is 0.264 e. The third-order valence-electron chi connectivity index (χ3n) is 4.45. The molecule has 0 aromatic heterocycles. The molecule has 5 nitrogen and oxygen atoms in total. The van der Waals surface area contributed by atoms with Gasteiger partial charge in [0.15, 0.2) is 0 Å². The molecule has 30 heavy (non-hydrogen) atoms. The van der Waals surface area contributed by atoms with Gasteiger partial charge in [-0.1, -0.05) is 64.7 Å². The van der Waals surface area contributed by atoms with Crippen molar-refractivity contribution in [2.45, 2.75) is 18.7 Å². The number of carbonyl (C=O) groups excluding carboxylic acids is 1. The third-order valence-corrected chi connectivity index (χ3v) is 6.86. The average molecular weight is 463 g/mol. The number of nitrogens with zero attached hydrogens (tertiary/aromatic N) is 1. The molecule has 0 bridgehead atoms. The van der Waals surface area contributed by atoms with Crippen molar-refractivity contribution in [1.82, 2.24) is 0 Å². The van der Waals surface area contributed by atoms with E-state index in [4.69, 9.17) is 23.2 Å². The molecule has 0 heterocycles. The molecule has 0 saturated carbocycles. The Morgan fingerprint density at radius 3 is 1.90 bits per heavy atom. The minimum absolute atomic E-state index is 0.0947. The molecule has 0 spiro atoms. The lowest BCUT2D eigenvalue weighted by atomic mass is 10.2. The summed E-state index contributed by atoms with van der Waals surface area (Å²) < 4.78 is 27.8. The van der Waals surface area contributed by atoms with Gasteiger partial charge in [0.2, 0.25) is 5.91 Å². The number of halogens is 2. The Hall–Kier alpha value is -2.54. The van der Waals surface area contributed by atoms with E-state index in [0.29, 0.717) is 5.69 Å². The predicted octanol–water partition coefficient (Wildman–Crippen LogP) is 5.44. The largest absolute Gasteiger partial charge is 0.322 e. The molecule has 1 N–H and O–H groups in total. The van der Waals surface area contributed by atoms with Gasteiger partial charge in [0, 0.05) is 0 Å². The summed E-state index contributed by atoms with van der Waals surface area (Å²) in [6.45, 7) is 3.32. The van der Waals surface area contributed by atoms with Gasteiger partial charge < -0.3 is 5.32 Å². The zero-order valence-electron chi connectivity index (χ0n) is 16.4. The van der Waals surface area contributed by atoms with Gasteiger partial charge in [0.05, 0.1) is 26.3 Å². The van der Waals surface area contributed by atoms with Crippen LogP contribution in [0.4, 0.5) is 11.4 Å². The summed E-state index contributed by atoms with van der Waals surface area (Å²) in [6, 6.07) is 18.2. The van der Waals surface area contributed by atoms with E-state index in [1.54, 1.807) is 54.6 Å². The van der Waals surface area contributed by atoms with Crippen LogP contribution in [0.2, 0.25) is 10.0 Å². The van der Waals surface area contributed by atoms with E-state index in [2.05, 4.69) is 5.32 Å². The molecule has 3 aromatic carbocycles. The van der Waals surface area contributed by atoms with Crippen molar-refractivity contribution in [3.05, 3.63) is 87.9 Å². The molecule has 0 aliphatic rings. The van der Waals surface area contributed by atoms with Crippen LogP contribution >= 0.6 is 23.2 Å². The summed E-state index contributed by atoms with van der Waals surface area (Å²) in [7, 11) is -3.98. The van der Waals surface area contributed by atoms with E-state index in [-0.39, 0.29) is 20.6 Å². The third kappa shape index (κ3) is 4.95. The van der Waals surface area contributed by atoms with Crippen LogP contribution in [0.25, 0.3) is 0 Å².